The van der Waals surface area contributed by atoms with Crippen molar-refractivity contribution < 1.29 is 13.2 Å². The molecule has 2 fully saturated rings. The van der Waals surface area contributed by atoms with Gasteiger partial charge in [0.05, 0.1) is 23.2 Å². The highest BCUT2D eigenvalue weighted by Gasteiger charge is 2.40. The Labute approximate surface area is 194 Å². The number of hydrogen-bond donors (Lipinski definition) is 0. The van der Waals surface area contributed by atoms with Crippen LogP contribution in [0.25, 0.3) is 22.3 Å². The fourth-order valence-electron chi connectivity index (χ4n) is 4.91. The van der Waals surface area contributed by atoms with Gasteiger partial charge in [-0.05, 0) is 51.8 Å². The molecular weight excluding hydrogens is 440 g/mol. The number of aryl methyl sites for hydroxylation is 1. The van der Waals surface area contributed by atoms with Crippen molar-refractivity contribution in [2.75, 3.05) is 24.2 Å². The van der Waals surface area contributed by atoms with E-state index in [0.29, 0.717) is 13.1 Å². The first kappa shape index (κ1) is 22.1. The van der Waals surface area contributed by atoms with E-state index in [0.717, 1.165) is 46.7 Å². The molecule has 1 aromatic carbocycles. The summed E-state index contributed by atoms with van der Waals surface area (Å²) < 4.78 is 34.0. The Balaban J connectivity index is 1.48. The standard InChI is InChI=1S/C23H30N6O3S/c1-15-12-28(13-16(2)29(15)33(5,30)31)21-11-20(24-14-25-21)22-18-10-17(32-23(3)8-9-23)6-7-19(18)26-27(22)4/h6-7,10-11,14-16H,8-9,12-13H2,1-5H3/t15-,16+. The van der Waals surface area contributed by atoms with E-state index in [1.807, 2.05) is 49.8 Å². The van der Waals surface area contributed by atoms with E-state index in [2.05, 4.69) is 26.9 Å². The second-order valence-electron chi connectivity index (χ2n) is 9.66. The molecule has 3 aromatic rings. The molecule has 0 spiro atoms. The van der Waals surface area contributed by atoms with Crippen LogP contribution in [-0.4, -0.2) is 69.5 Å². The fraction of sp³-hybridized carbons (Fsp3) is 0.522. The first-order valence-electron chi connectivity index (χ1n) is 11.3. The first-order chi connectivity index (χ1) is 15.5. The number of aromatic nitrogens is 4. The third-order valence-corrected chi connectivity index (χ3v) is 8.05. The van der Waals surface area contributed by atoms with Crippen molar-refractivity contribution in [3.05, 3.63) is 30.6 Å². The highest BCUT2D eigenvalue weighted by atomic mass is 32.2. The summed E-state index contributed by atoms with van der Waals surface area (Å²) in [6.07, 6.45) is 4.98. The Bertz CT molecular complexity index is 1300. The molecule has 2 aliphatic rings. The molecule has 0 amide bonds. The van der Waals surface area contributed by atoms with Crippen molar-refractivity contribution in [3.63, 3.8) is 0 Å². The van der Waals surface area contributed by atoms with Crippen LogP contribution in [0.2, 0.25) is 0 Å². The quantitative estimate of drug-likeness (QED) is 0.566. The topological polar surface area (TPSA) is 93.4 Å². The van der Waals surface area contributed by atoms with Crippen molar-refractivity contribution in [1.82, 2.24) is 24.1 Å². The summed E-state index contributed by atoms with van der Waals surface area (Å²) in [5.41, 5.74) is 2.49. The molecule has 1 saturated carbocycles. The van der Waals surface area contributed by atoms with Crippen LogP contribution in [0.3, 0.4) is 0 Å². The molecule has 0 N–H and O–H groups in total. The average molecular weight is 471 g/mol. The molecule has 1 aliphatic carbocycles. The molecular formula is C23H30N6O3S. The van der Waals surface area contributed by atoms with Crippen LogP contribution in [0.1, 0.15) is 33.6 Å². The minimum absolute atomic E-state index is 0.0559. The Morgan fingerprint density at radius 2 is 1.79 bits per heavy atom. The lowest BCUT2D eigenvalue weighted by atomic mass is 10.1. The Kier molecular flexibility index (Phi) is 5.13. The van der Waals surface area contributed by atoms with Gasteiger partial charge in [-0.3, -0.25) is 4.68 Å². The summed E-state index contributed by atoms with van der Waals surface area (Å²) in [5.74, 6) is 1.62. The van der Waals surface area contributed by atoms with Crippen LogP contribution in [0, 0.1) is 0 Å². The average Bonchev–Trinajstić information content (AvgIpc) is 3.35. The largest absolute Gasteiger partial charge is 0.488 e. The summed E-state index contributed by atoms with van der Waals surface area (Å²) in [6, 6.07) is 7.65. The summed E-state index contributed by atoms with van der Waals surface area (Å²) in [4.78, 5) is 11.2. The maximum absolute atomic E-state index is 12.2. The van der Waals surface area contributed by atoms with E-state index >= 15 is 0 Å². The maximum Gasteiger partial charge on any atom is 0.211 e. The Hall–Kier alpha value is -2.72. The van der Waals surface area contributed by atoms with Crippen molar-refractivity contribution in [1.29, 1.82) is 0 Å². The van der Waals surface area contributed by atoms with Crippen LogP contribution >= 0.6 is 0 Å². The third kappa shape index (κ3) is 4.17. The predicted octanol–water partition coefficient (Wildman–Crippen LogP) is 2.82. The maximum atomic E-state index is 12.2. The summed E-state index contributed by atoms with van der Waals surface area (Å²) in [5, 5.41) is 5.64. The van der Waals surface area contributed by atoms with E-state index in [4.69, 9.17) is 4.74 Å². The van der Waals surface area contributed by atoms with Crippen LogP contribution < -0.4 is 9.64 Å². The lowest BCUT2D eigenvalue weighted by Crippen LogP contribution is -2.58. The Morgan fingerprint density at radius 1 is 1.09 bits per heavy atom. The number of sulfonamides is 1. The van der Waals surface area contributed by atoms with Gasteiger partial charge >= 0.3 is 0 Å². The highest BCUT2D eigenvalue weighted by Crippen LogP contribution is 2.41. The summed E-state index contributed by atoms with van der Waals surface area (Å²) in [6.45, 7) is 7.13. The van der Waals surface area contributed by atoms with Crippen LogP contribution in [0.4, 0.5) is 5.82 Å². The van der Waals surface area contributed by atoms with E-state index < -0.39 is 10.0 Å². The fourth-order valence-corrected chi connectivity index (χ4v) is 6.35. The molecule has 9 nitrogen and oxygen atoms in total. The van der Waals surface area contributed by atoms with Gasteiger partial charge in [-0.25, -0.2) is 18.4 Å². The number of anilines is 1. The number of nitrogens with zero attached hydrogens (tertiary/aromatic N) is 6. The van der Waals surface area contributed by atoms with E-state index in [1.54, 1.807) is 10.6 Å². The predicted molar refractivity (Wildman–Crippen MR) is 128 cm³/mol. The molecule has 1 aliphatic heterocycles. The van der Waals surface area contributed by atoms with Gasteiger partial charge in [-0.1, -0.05) is 0 Å². The zero-order valence-electron chi connectivity index (χ0n) is 19.7. The Morgan fingerprint density at radius 3 is 2.42 bits per heavy atom. The number of rotatable bonds is 5. The van der Waals surface area contributed by atoms with Crippen LogP contribution in [0.15, 0.2) is 30.6 Å². The second kappa shape index (κ2) is 7.66. The molecule has 33 heavy (non-hydrogen) atoms. The van der Waals surface area contributed by atoms with Crippen molar-refractivity contribution in [3.8, 4) is 17.1 Å². The van der Waals surface area contributed by atoms with Gasteiger partial charge in [0.1, 0.15) is 23.5 Å². The molecule has 0 bridgehead atoms. The van der Waals surface area contributed by atoms with Crippen molar-refractivity contribution in [2.45, 2.75) is 51.3 Å². The van der Waals surface area contributed by atoms with Crippen molar-refractivity contribution in [2.24, 2.45) is 7.05 Å². The third-order valence-electron chi connectivity index (χ3n) is 6.56. The van der Waals surface area contributed by atoms with Gasteiger partial charge in [-0.15, -0.1) is 0 Å². The van der Waals surface area contributed by atoms with Crippen LogP contribution in [0.5, 0.6) is 5.75 Å². The SMILES string of the molecule is C[C@@H]1CN(c2cc(-c3c4cc(OC5(C)CC5)ccc4nn3C)ncn2)C[C@H](C)N1S(C)(=O)=O. The normalized spacial score (nSPS) is 23.1. The molecule has 176 valence electrons. The molecule has 10 heteroatoms. The number of piperazine rings is 1. The van der Waals surface area contributed by atoms with E-state index in [9.17, 15) is 8.42 Å². The molecule has 0 radical (unpaired) electrons. The van der Waals surface area contributed by atoms with Gasteiger partial charge in [-0.2, -0.15) is 9.40 Å². The van der Waals surface area contributed by atoms with E-state index in [1.165, 1.54) is 6.26 Å². The minimum atomic E-state index is -3.27. The zero-order valence-corrected chi connectivity index (χ0v) is 20.5. The van der Waals surface area contributed by atoms with Crippen LogP contribution in [-0.2, 0) is 17.1 Å². The number of hydrogen-bond acceptors (Lipinski definition) is 7. The molecule has 2 aromatic heterocycles. The minimum Gasteiger partial charge on any atom is -0.488 e. The van der Waals surface area contributed by atoms with Crippen molar-refractivity contribution >= 4 is 26.7 Å². The van der Waals surface area contributed by atoms with Gasteiger partial charge in [0.25, 0.3) is 0 Å². The van der Waals surface area contributed by atoms with E-state index in [-0.39, 0.29) is 17.7 Å². The molecule has 5 rings (SSSR count). The zero-order chi connectivity index (χ0) is 23.5. The first-order valence-corrected chi connectivity index (χ1v) is 13.1. The molecule has 3 heterocycles. The summed E-state index contributed by atoms with van der Waals surface area (Å²) in [7, 11) is -1.35. The number of benzene rings is 1. The lowest BCUT2D eigenvalue weighted by molar-refractivity contribution is 0.200. The second-order valence-corrected chi connectivity index (χ2v) is 11.5. The lowest BCUT2D eigenvalue weighted by Gasteiger charge is -2.43. The monoisotopic (exact) mass is 470 g/mol. The number of fused-ring (bicyclic) bond motifs is 1. The molecule has 1 saturated heterocycles. The molecule has 0 unspecified atom stereocenters. The van der Waals surface area contributed by atoms with Gasteiger partial charge in [0, 0.05) is 43.7 Å². The molecule has 2 atom stereocenters. The number of ether oxygens (including phenoxy) is 1. The highest BCUT2D eigenvalue weighted by molar-refractivity contribution is 7.88. The van der Waals surface area contributed by atoms with Gasteiger partial charge in [0.2, 0.25) is 10.0 Å². The van der Waals surface area contributed by atoms with Gasteiger partial charge in [0.15, 0.2) is 0 Å². The summed E-state index contributed by atoms with van der Waals surface area (Å²) >= 11 is 0. The smallest absolute Gasteiger partial charge is 0.211 e. The van der Waals surface area contributed by atoms with Gasteiger partial charge < -0.3 is 9.64 Å².